The molecule has 4 nitrogen and oxygen atoms in total. The van der Waals surface area contributed by atoms with E-state index < -0.39 is 0 Å². The fourth-order valence-electron chi connectivity index (χ4n) is 2.41. The number of aromatic nitrogens is 1. The molecule has 0 fully saturated rings. The Labute approximate surface area is 175 Å². The molecule has 1 heterocycles. The van der Waals surface area contributed by atoms with Crippen molar-refractivity contribution in [1.29, 1.82) is 0 Å². The van der Waals surface area contributed by atoms with E-state index in [0.29, 0.717) is 15.9 Å². The number of benzene rings is 1. The van der Waals surface area contributed by atoms with Crippen LogP contribution in [0.15, 0.2) is 35.4 Å². The van der Waals surface area contributed by atoms with Gasteiger partial charge in [0.2, 0.25) is 0 Å². The molecule has 0 aliphatic carbocycles. The molecular formula is C20H24Cl3N3O. The number of anilines is 1. The highest BCUT2D eigenvalue weighted by Gasteiger charge is 2.06. The Morgan fingerprint density at radius 2 is 1.70 bits per heavy atom. The molecule has 0 aliphatic heterocycles. The van der Waals surface area contributed by atoms with Crippen LogP contribution < -0.4 is 10.2 Å². The number of halogens is 3. The fraction of sp³-hybridized carbons (Fsp3) is 0.400. The molecule has 0 saturated carbocycles. The zero-order valence-electron chi connectivity index (χ0n) is 15.4. The first-order valence-electron chi connectivity index (χ1n) is 9.13. The summed E-state index contributed by atoms with van der Waals surface area (Å²) in [4.78, 5) is 4.04. The van der Waals surface area contributed by atoms with Crippen molar-refractivity contribution in [2.45, 2.75) is 45.4 Å². The lowest BCUT2D eigenvalue weighted by Gasteiger charge is -2.06. The number of hydrogen-bond acceptors (Lipinski definition) is 4. The summed E-state index contributed by atoms with van der Waals surface area (Å²) in [6, 6.07) is 9.26. The molecule has 1 aromatic carbocycles. The van der Waals surface area contributed by atoms with Gasteiger partial charge in [0.1, 0.15) is 10.9 Å². The van der Waals surface area contributed by atoms with Crippen molar-refractivity contribution in [3.63, 3.8) is 0 Å². The molecule has 0 radical (unpaired) electrons. The van der Waals surface area contributed by atoms with Gasteiger partial charge in [-0.25, -0.2) is 4.98 Å². The topological polar surface area (TPSA) is 46.5 Å². The molecular weight excluding hydrogens is 405 g/mol. The maximum absolute atomic E-state index is 6.04. The zero-order valence-corrected chi connectivity index (χ0v) is 17.6. The molecule has 1 N–H and O–H groups in total. The summed E-state index contributed by atoms with van der Waals surface area (Å²) < 4.78 is 5.77. The molecule has 2 aromatic rings. The van der Waals surface area contributed by atoms with Crippen LogP contribution in [0.5, 0.6) is 5.75 Å². The minimum Gasteiger partial charge on any atom is -0.494 e. The molecule has 1 aromatic heterocycles. The van der Waals surface area contributed by atoms with Gasteiger partial charge in [-0.2, -0.15) is 5.10 Å². The predicted molar refractivity (Wildman–Crippen MR) is 116 cm³/mol. The van der Waals surface area contributed by atoms with Gasteiger partial charge >= 0.3 is 0 Å². The quantitative estimate of drug-likeness (QED) is 0.178. The van der Waals surface area contributed by atoms with Crippen molar-refractivity contribution in [3.05, 3.63) is 51.1 Å². The predicted octanol–water partition coefficient (Wildman–Crippen LogP) is 7.23. The van der Waals surface area contributed by atoms with Crippen molar-refractivity contribution in [3.8, 4) is 5.75 Å². The van der Waals surface area contributed by atoms with Crippen molar-refractivity contribution >= 4 is 46.8 Å². The molecule has 0 aliphatic rings. The van der Waals surface area contributed by atoms with Gasteiger partial charge in [0.15, 0.2) is 5.82 Å². The third kappa shape index (κ3) is 7.96. The molecule has 0 unspecified atom stereocenters. The Bertz CT molecular complexity index is 736. The Hall–Kier alpha value is -1.49. The second-order valence-electron chi connectivity index (χ2n) is 6.15. The van der Waals surface area contributed by atoms with Crippen LogP contribution in [0.1, 0.15) is 51.0 Å². The third-order valence-electron chi connectivity index (χ3n) is 3.92. The maximum Gasteiger partial charge on any atom is 0.166 e. The Morgan fingerprint density at radius 3 is 2.44 bits per heavy atom. The maximum atomic E-state index is 6.04. The number of unbranched alkanes of at least 4 members (excludes halogenated alkanes) is 5. The number of pyridine rings is 1. The number of hydrogen-bond donors (Lipinski definition) is 1. The summed E-state index contributed by atoms with van der Waals surface area (Å²) in [6.45, 7) is 2.98. The molecule has 0 bridgehead atoms. The molecule has 2 rings (SSSR count). The zero-order chi connectivity index (χ0) is 19.5. The highest BCUT2D eigenvalue weighted by Crippen LogP contribution is 2.28. The van der Waals surface area contributed by atoms with E-state index in [1.165, 1.54) is 38.2 Å². The average Bonchev–Trinajstić information content (AvgIpc) is 2.66. The molecule has 7 heteroatoms. The van der Waals surface area contributed by atoms with E-state index >= 15 is 0 Å². The lowest BCUT2D eigenvalue weighted by Crippen LogP contribution is -1.98. The standard InChI is InChI=1S/C20H24Cl3N3O/c1-2-3-4-5-6-7-12-27-16-10-8-15(9-11-16)14-24-26-20-18(22)13-17(21)19(23)25-20/h8-11,13-14H,2-7,12H2,1H3,(H,25,26). The van der Waals surface area contributed by atoms with Crippen molar-refractivity contribution < 1.29 is 4.74 Å². The van der Waals surface area contributed by atoms with Crippen LogP contribution in [0.2, 0.25) is 15.2 Å². The van der Waals surface area contributed by atoms with E-state index in [1.807, 2.05) is 24.3 Å². The largest absolute Gasteiger partial charge is 0.494 e. The monoisotopic (exact) mass is 427 g/mol. The molecule has 0 atom stereocenters. The minimum atomic E-state index is 0.172. The highest BCUT2D eigenvalue weighted by atomic mass is 35.5. The van der Waals surface area contributed by atoms with E-state index in [1.54, 1.807) is 6.21 Å². The number of nitrogens with zero attached hydrogens (tertiary/aromatic N) is 2. The summed E-state index contributed by atoms with van der Waals surface area (Å²) in [5, 5.41) is 4.94. The van der Waals surface area contributed by atoms with E-state index in [2.05, 4.69) is 22.4 Å². The first-order valence-corrected chi connectivity index (χ1v) is 10.3. The van der Waals surface area contributed by atoms with Crippen LogP contribution in [-0.2, 0) is 0 Å². The molecule has 0 spiro atoms. The highest BCUT2D eigenvalue weighted by molar-refractivity contribution is 6.42. The summed E-state index contributed by atoms with van der Waals surface area (Å²) in [5.74, 6) is 1.21. The number of nitrogens with one attached hydrogen (secondary N) is 1. The number of hydrazone groups is 1. The van der Waals surface area contributed by atoms with E-state index in [0.717, 1.165) is 24.3 Å². The van der Waals surface area contributed by atoms with Crippen LogP contribution in [0.25, 0.3) is 0 Å². The summed E-state index contributed by atoms with van der Waals surface area (Å²) in [5.41, 5.74) is 3.68. The SMILES string of the molecule is CCCCCCCCOc1ccc(C=NNc2nc(Cl)c(Cl)cc2Cl)cc1. The molecule has 0 saturated heterocycles. The second-order valence-corrected chi connectivity index (χ2v) is 7.32. The lowest BCUT2D eigenvalue weighted by molar-refractivity contribution is 0.304. The fourth-order valence-corrected chi connectivity index (χ4v) is 2.95. The van der Waals surface area contributed by atoms with Crippen LogP contribution in [0.4, 0.5) is 5.82 Å². The number of rotatable bonds is 11. The van der Waals surface area contributed by atoms with Gasteiger partial charge in [0, 0.05) is 0 Å². The first kappa shape index (κ1) is 21.8. The Kier molecular flexibility index (Phi) is 9.74. The Morgan fingerprint density at radius 1 is 1.00 bits per heavy atom. The van der Waals surface area contributed by atoms with Gasteiger partial charge in [-0.1, -0.05) is 73.8 Å². The number of ether oxygens (including phenoxy) is 1. The molecule has 146 valence electrons. The van der Waals surface area contributed by atoms with E-state index in [9.17, 15) is 0 Å². The average molecular weight is 429 g/mol. The molecule has 27 heavy (non-hydrogen) atoms. The summed E-state index contributed by atoms with van der Waals surface area (Å²) in [7, 11) is 0. The summed E-state index contributed by atoms with van der Waals surface area (Å²) in [6.07, 6.45) is 9.19. The Balaban J connectivity index is 1.75. The van der Waals surface area contributed by atoms with Gasteiger partial charge < -0.3 is 4.74 Å². The van der Waals surface area contributed by atoms with Crippen molar-refractivity contribution in [2.75, 3.05) is 12.0 Å². The minimum absolute atomic E-state index is 0.172. The van der Waals surface area contributed by atoms with Gasteiger partial charge in [0.05, 0.1) is 22.9 Å². The lowest BCUT2D eigenvalue weighted by atomic mass is 10.1. The van der Waals surface area contributed by atoms with E-state index in [4.69, 9.17) is 39.5 Å². The van der Waals surface area contributed by atoms with Crippen molar-refractivity contribution in [2.24, 2.45) is 5.10 Å². The van der Waals surface area contributed by atoms with Gasteiger partial charge in [-0.05, 0) is 42.3 Å². The smallest absolute Gasteiger partial charge is 0.166 e. The normalized spacial score (nSPS) is 11.1. The second kappa shape index (κ2) is 12.1. The molecule has 0 amide bonds. The van der Waals surface area contributed by atoms with Crippen LogP contribution in [0.3, 0.4) is 0 Å². The van der Waals surface area contributed by atoms with Crippen LogP contribution in [-0.4, -0.2) is 17.8 Å². The van der Waals surface area contributed by atoms with Crippen molar-refractivity contribution in [1.82, 2.24) is 4.98 Å². The third-order valence-corrected chi connectivity index (χ3v) is 4.88. The summed E-state index contributed by atoms with van der Waals surface area (Å²) >= 11 is 17.8. The van der Waals surface area contributed by atoms with Gasteiger partial charge in [-0.3, -0.25) is 5.43 Å². The first-order chi connectivity index (χ1) is 13.1. The van der Waals surface area contributed by atoms with Gasteiger partial charge in [-0.15, -0.1) is 0 Å². The van der Waals surface area contributed by atoms with Crippen LogP contribution >= 0.6 is 34.8 Å². The van der Waals surface area contributed by atoms with Gasteiger partial charge in [0.25, 0.3) is 0 Å². The van der Waals surface area contributed by atoms with Crippen LogP contribution in [0, 0.1) is 0 Å². The van der Waals surface area contributed by atoms with E-state index in [-0.39, 0.29) is 5.15 Å².